The molecule has 3 aromatic rings. The van der Waals surface area contributed by atoms with E-state index < -0.39 is 0 Å². The predicted molar refractivity (Wildman–Crippen MR) is 126 cm³/mol. The summed E-state index contributed by atoms with van der Waals surface area (Å²) in [6.07, 6.45) is 4.40. The van der Waals surface area contributed by atoms with E-state index in [4.69, 9.17) is 10.7 Å². The number of nitrogens with two attached hydrogens (primary N) is 1. The van der Waals surface area contributed by atoms with Gasteiger partial charge in [0, 0.05) is 42.2 Å². The first kappa shape index (κ1) is 21.0. The minimum absolute atomic E-state index is 0.0422. The molecule has 0 aliphatic carbocycles. The number of carbonyl (C=O) groups is 1. The molecule has 1 saturated heterocycles. The summed E-state index contributed by atoms with van der Waals surface area (Å²) in [6.45, 7) is 4.33. The van der Waals surface area contributed by atoms with Crippen molar-refractivity contribution in [2.45, 2.75) is 32.2 Å². The largest absolute Gasteiger partial charge is 0.330 e. The molecule has 0 saturated carbocycles. The number of anilines is 1. The van der Waals surface area contributed by atoms with Gasteiger partial charge in [-0.05, 0) is 61.5 Å². The van der Waals surface area contributed by atoms with Gasteiger partial charge >= 0.3 is 0 Å². The van der Waals surface area contributed by atoms with Crippen LogP contribution < -0.4 is 16.0 Å². The van der Waals surface area contributed by atoms with Crippen LogP contribution in [0.25, 0.3) is 10.8 Å². The average Bonchev–Trinajstić information content (AvgIpc) is 2.80. The highest BCUT2D eigenvalue weighted by Crippen LogP contribution is 2.31. The number of piperidine rings is 1. The lowest BCUT2D eigenvalue weighted by Gasteiger charge is -2.35. The molecule has 1 aliphatic rings. The first-order valence-electron chi connectivity index (χ1n) is 10.9. The molecule has 1 fully saturated rings. The summed E-state index contributed by atoms with van der Waals surface area (Å²) in [5.41, 5.74) is 8.10. The summed E-state index contributed by atoms with van der Waals surface area (Å²) in [5.74, 6) is 6.85. The Labute approximate surface area is 183 Å². The molecule has 4 rings (SSSR count). The van der Waals surface area contributed by atoms with Crippen LogP contribution in [0.15, 0.2) is 54.7 Å². The van der Waals surface area contributed by atoms with Crippen molar-refractivity contribution >= 4 is 22.5 Å². The first-order chi connectivity index (χ1) is 15.2. The number of carbonyl (C=O) groups excluding carboxylic acids is 1. The first-order valence-corrected chi connectivity index (χ1v) is 10.9. The Bertz CT molecular complexity index is 1130. The van der Waals surface area contributed by atoms with Gasteiger partial charge < -0.3 is 11.1 Å². The lowest BCUT2D eigenvalue weighted by molar-refractivity contribution is 0.0972. The monoisotopic (exact) mass is 412 g/mol. The third-order valence-electron chi connectivity index (χ3n) is 5.67. The average molecular weight is 413 g/mol. The third kappa shape index (κ3) is 4.61. The van der Waals surface area contributed by atoms with Crippen LogP contribution in [-0.4, -0.2) is 36.6 Å². The van der Waals surface area contributed by atoms with E-state index in [0.29, 0.717) is 18.5 Å². The van der Waals surface area contributed by atoms with Crippen molar-refractivity contribution in [2.75, 3.05) is 24.5 Å². The zero-order chi connectivity index (χ0) is 21.6. The van der Waals surface area contributed by atoms with E-state index in [2.05, 4.69) is 36.2 Å². The standard InChI is InChI=1S/C26H28N4O/c1-19-7-4-10-21-13-16-29-25(24(19)21)30(23-12-6-15-28-18-23)26(31)22-11-5-9-20(17-22)8-2-3-14-27/h4-5,7,9-11,13,16-17,23,28H,3,6,12,14-15,18,27H2,1H3/t23-/m1/s1. The Morgan fingerprint density at radius 1 is 1.26 bits per heavy atom. The summed E-state index contributed by atoms with van der Waals surface area (Å²) >= 11 is 0. The lowest BCUT2D eigenvalue weighted by atomic mass is 10.0. The highest BCUT2D eigenvalue weighted by atomic mass is 16.2. The molecule has 1 atom stereocenters. The van der Waals surface area contributed by atoms with Crippen LogP contribution in [0, 0.1) is 18.8 Å². The molecule has 158 valence electrons. The molecular formula is C26H28N4O. The maximum absolute atomic E-state index is 13.9. The number of hydrogen-bond acceptors (Lipinski definition) is 4. The number of aryl methyl sites for hydroxylation is 1. The molecule has 0 spiro atoms. The van der Waals surface area contributed by atoms with Crippen LogP contribution in [0.4, 0.5) is 5.82 Å². The van der Waals surface area contributed by atoms with Crippen LogP contribution in [0.1, 0.15) is 40.7 Å². The van der Waals surface area contributed by atoms with Crippen LogP contribution in [0.5, 0.6) is 0 Å². The van der Waals surface area contributed by atoms with E-state index in [1.165, 1.54) is 0 Å². The second-order valence-corrected chi connectivity index (χ2v) is 7.90. The number of hydrogen-bond donors (Lipinski definition) is 2. The fourth-order valence-electron chi connectivity index (χ4n) is 4.16. The number of benzene rings is 2. The molecule has 31 heavy (non-hydrogen) atoms. The Balaban J connectivity index is 1.80. The molecule has 5 nitrogen and oxygen atoms in total. The van der Waals surface area contributed by atoms with Gasteiger partial charge in [0.15, 0.2) is 0 Å². The van der Waals surface area contributed by atoms with Crippen molar-refractivity contribution in [1.82, 2.24) is 10.3 Å². The minimum Gasteiger partial charge on any atom is -0.330 e. The van der Waals surface area contributed by atoms with Gasteiger partial charge in [0.2, 0.25) is 0 Å². The number of amides is 1. The van der Waals surface area contributed by atoms with Crippen molar-refractivity contribution in [3.8, 4) is 11.8 Å². The SMILES string of the molecule is Cc1cccc2ccnc(N(C(=O)c3cccc(C#CCCN)c3)[C@@H]3CCCNC3)c12. The number of nitrogens with zero attached hydrogens (tertiary/aromatic N) is 2. The number of nitrogens with one attached hydrogen (secondary N) is 1. The van der Waals surface area contributed by atoms with Gasteiger partial charge in [-0.2, -0.15) is 0 Å². The Morgan fingerprint density at radius 2 is 2.13 bits per heavy atom. The van der Waals surface area contributed by atoms with Gasteiger partial charge in [-0.1, -0.05) is 36.1 Å². The summed E-state index contributed by atoms with van der Waals surface area (Å²) in [4.78, 5) is 20.5. The molecule has 5 heteroatoms. The second kappa shape index (κ2) is 9.74. The molecule has 2 aromatic carbocycles. The summed E-state index contributed by atoms with van der Waals surface area (Å²) in [5, 5.41) is 5.57. The second-order valence-electron chi connectivity index (χ2n) is 7.90. The van der Waals surface area contributed by atoms with Crippen molar-refractivity contribution in [2.24, 2.45) is 5.73 Å². The molecule has 1 aromatic heterocycles. The predicted octanol–water partition coefficient (Wildman–Crippen LogP) is 3.64. The van der Waals surface area contributed by atoms with Gasteiger partial charge in [-0.3, -0.25) is 9.69 Å². The summed E-state index contributed by atoms with van der Waals surface area (Å²) < 4.78 is 0. The van der Waals surface area contributed by atoms with E-state index in [9.17, 15) is 4.79 Å². The molecule has 2 heterocycles. The normalized spacial score (nSPS) is 15.9. The van der Waals surface area contributed by atoms with Gasteiger partial charge in [0.1, 0.15) is 5.82 Å². The van der Waals surface area contributed by atoms with E-state index in [1.807, 2.05) is 41.3 Å². The van der Waals surface area contributed by atoms with Crippen LogP contribution in [0.3, 0.4) is 0 Å². The van der Waals surface area contributed by atoms with Gasteiger partial charge in [0.25, 0.3) is 5.91 Å². The van der Waals surface area contributed by atoms with E-state index in [1.54, 1.807) is 6.20 Å². The maximum Gasteiger partial charge on any atom is 0.259 e. The third-order valence-corrected chi connectivity index (χ3v) is 5.67. The van der Waals surface area contributed by atoms with E-state index >= 15 is 0 Å². The molecule has 1 amide bonds. The smallest absolute Gasteiger partial charge is 0.259 e. The summed E-state index contributed by atoms with van der Waals surface area (Å²) in [6, 6.07) is 15.8. The molecule has 0 bridgehead atoms. The zero-order valence-electron chi connectivity index (χ0n) is 17.9. The number of fused-ring (bicyclic) bond motifs is 1. The quantitative estimate of drug-likeness (QED) is 0.642. The van der Waals surface area contributed by atoms with Crippen LogP contribution in [0.2, 0.25) is 0 Å². The molecule has 0 unspecified atom stereocenters. The topological polar surface area (TPSA) is 71.2 Å². The fraction of sp³-hybridized carbons (Fsp3) is 0.308. The summed E-state index contributed by atoms with van der Waals surface area (Å²) in [7, 11) is 0. The van der Waals surface area contributed by atoms with E-state index in [0.717, 1.165) is 53.6 Å². The van der Waals surface area contributed by atoms with Crippen molar-refractivity contribution < 1.29 is 4.79 Å². The zero-order valence-corrected chi connectivity index (χ0v) is 17.9. The van der Waals surface area contributed by atoms with Gasteiger partial charge in [0.05, 0.1) is 6.04 Å². The fourth-order valence-corrected chi connectivity index (χ4v) is 4.16. The number of rotatable bonds is 4. The lowest BCUT2D eigenvalue weighted by Crippen LogP contribution is -2.49. The van der Waals surface area contributed by atoms with Crippen molar-refractivity contribution in [3.05, 3.63) is 71.4 Å². The molecule has 0 radical (unpaired) electrons. The number of pyridine rings is 1. The molecule has 3 N–H and O–H groups in total. The highest BCUT2D eigenvalue weighted by molar-refractivity contribution is 6.10. The maximum atomic E-state index is 13.9. The Kier molecular flexibility index (Phi) is 6.61. The van der Waals surface area contributed by atoms with Crippen molar-refractivity contribution in [1.29, 1.82) is 0 Å². The van der Waals surface area contributed by atoms with Crippen molar-refractivity contribution in [3.63, 3.8) is 0 Å². The Morgan fingerprint density at radius 3 is 2.94 bits per heavy atom. The van der Waals surface area contributed by atoms with Gasteiger partial charge in [-0.25, -0.2) is 4.98 Å². The van der Waals surface area contributed by atoms with E-state index in [-0.39, 0.29) is 11.9 Å². The highest BCUT2D eigenvalue weighted by Gasteiger charge is 2.30. The van der Waals surface area contributed by atoms with Gasteiger partial charge in [-0.15, -0.1) is 0 Å². The molecule has 1 aliphatic heterocycles. The number of aromatic nitrogens is 1. The minimum atomic E-state index is -0.0422. The van der Waals surface area contributed by atoms with Crippen LogP contribution >= 0.6 is 0 Å². The Hall–Kier alpha value is -3.20. The molecular weight excluding hydrogens is 384 g/mol. The van der Waals surface area contributed by atoms with Crippen LogP contribution in [-0.2, 0) is 0 Å².